The molecule has 0 aliphatic rings. The molecule has 0 aliphatic heterocycles. The van der Waals surface area contributed by atoms with Crippen molar-refractivity contribution in [2.45, 2.75) is 18.1 Å². The van der Waals surface area contributed by atoms with E-state index in [2.05, 4.69) is 10.6 Å². The van der Waals surface area contributed by atoms with Crippen LogP contribution in [0.25, 0.3) is 0 Å². The SMILES string of the molecule is O=C(NCc1ccccc1)[C@H](CO)NC(c1ccccc1)(c1ccccc1)c1ccccc1. The Morgan fingerprint density at radius 2 is 1.06 bits per heavy atom. The van der Waals surface area contributed by atoms with Crippen LogP contribution in [0.3, 0.4) is 0 Å². The summed E-state index contributed by atoms with van der Waals surface area (Å²) in [5.41, 5.74) is 3.12. The van der Waals surface area contributed by atoms with E-state index in [4.69, 9.17) is 0 Å². The number of rotatable bonds is 9. The first-order valence-electron chi connectivity index (χ1n) is 11.1. The number of benzene rings is 4. The van der Waals surface area contributed by atoms with Gasteiger partial charge in [0.05, 0.1) is 12.1 Å². The normalized spacial score (nSPS) is 12.2. The third kappa shape index (κ3) is 5.03. The first-order valence-corrected chi connectivity index (χ1v) is 11.1. The van der Waals surface area contributed by atoms with Gasteiger partial charge in [-0.15, -0.1) is 0 Å². The van der Waals surface area contributed by atoms with Crippen LogP contribution >= 0.6 is 0 Å². The molecule has 0 heterocycles. The lowest BCUT2D eigenvalue weighted by atomic mass is 9.76. The van der Waals surface area contributed by atoms with Crippen molar-refractivity contribution >= 4 is 5.91 Å². The smallest absolute Gasteiger partial charge is 0.239 e. The molecule has 0 bridgehead atoms. The van der Waals surface area contributed by atoms with Crippen molar-refractivity contribution in [1.82, 2.24) is 10.6 Å². The van der Waals surface area contributed by atoms with Crippen molar-refractivity contribution in [3.8, 4) is 0 Å². The topological polar surface area (TPSA) is 61.4 Å². The van der Waals surface area contributed by atoms with Gasteiger partial charge in [-0.1, -0.05) is 121 Å². The Hall–Kier alpha value is -3.73. The Balaban J connectivity index is 1.75. The van der Waals surface area contributed by atoms with Gasteiger partial charge >= 0.3 is 0 Å². The van der Waals surface area contributed by atoms with Crippen molar-refractivity contribution in [2.75, 3.05) is 6.61 Å². The maximum atomic E-state index is 13.2. The van der Waals surface area contributed by atoms with Gasteiger partial charge in [0.15, 0.2) is 0 Å². The van der Waals surface area contributed by atoms with Crippen molar-refractivity contribution in [1.29, 1.82) is 0 Å². The Bertz CT molecular complexity index is 1040. The molecule has 1 atom stereocenters. The van der Waals surface area contributed by atoms with Gasteiger partial charge in [-0.2, -0.15) is 0 Å². The van der Waals surface area contributed by atoms with Crippen LogP contribution in [0.2, 0.25) is 0 Å². The molecule has 4 heteroatoms. The van der Waals surface area contributed by atoms with Crippen LogP contribution in [0.4, 0.5) is 0 Å². The minimum atomic E-state index is -0.832. The average molecular weight is 437 g/mol. The van der Waals surface area contributed by atoms with Gasteiger partial charge in [-0.05, 0) is 22.3 Å². The lowest BCUT2D eigenvalue weighted by Gasteiger charge is -2.39. The van der Waals surface area contributed by atoms with Crippen LogP contribution in [0, 0.1) is 0 Å². The summed E-state index contributed by atoms with van der Waals surface area (Å²) in [5, 5.41) is 16.8. The van der Waals surface area contributed by atoms with Crippen LogP contribution < -0.4 is 10.6 Å². The molecule has 0 aromatic heterocycles. The van der Waals surface area contributed by atoms with Crippen molar-refractivity contribution in [3.63, 3.8) is 0 Å². The molecule has 0 saturated carbocycles. The largest absolute Gasteiger partial charge is 0.394 e. The molecule has 0 radical (unpaired) electrons. The maximum Gasteiger partial charge on any atom is 0.239 e. The standard InChI is InChI=1S/C29H28N2O2/c32-22-27(28(33)30-21-23-13-5-1-6-14-23)31-29(24-15-7-2-8-16-24,25-17-9-3-10-18-25)26-19-11-4-12-20-26/h1-20,27,31-32H,21-22H2,(H,30,33)/t27-/m0/s1. The molecule has 4 nitrogen and oxygen atoms in total. The van der Waals surface area contributed by atoms with Crippen LogP contribution in [0.15, 0.2) is 121 Å². The van der Waals surface area contributed by atoms with Gasteiger partial charge in [-0.3, -0.25) is 10.1 Å². The summed E-state index contributed by atoms with van der Waals surface area (Å²) >= 11 is 0. The molecule has 3 N–H and O–H groups in total. The van der Waals surface area contributed by atoms with Crippen LogP contribution in [0.1, 0.15) is 22.3 Å². The number of carbonyl (C=O) groups is 1. The highest BCUT2D eigenvalue weighted by atomic mass is 16.3. The third-order valence-corrected chi connectivity index (χ3v) is 5.82. The molecule has 0 unspecified atom stereocenters. The van der Waals surface area contributed by atoms with Crippen molar-refractivity contribution in [2.24, 2.45) is 0 Å². The average Bonchev–Trinajstić information content (AvgIpc) is 2.90. The van der Waals surface area contributed by atoms with E-state index in [0.717, 1.165) is 22.3 Å². The fraction of sp³-hybridized carbons (Fsp3) is 0.138. The summed E-state index contributed by atoms with van der Waals surface area (Å²) in [6.45, 7) is 0.0573. The Labute approximate surface area is 194 Å². The molecule has 33 heavy (non-hydrogen) atoms. The van der Waals surface area contributed by atoms with E-state index >= 15 is 0 Å². The zero-order valence-corrected chi connectivity index (χ0v) is 18.4. The molecule has 4 aromatic rings. The molecule has 0 aliphatic carbocycles. The van der Waals surface area contributed by atoms with Crippen molar-refractivity contribution < 1.29 is 9.90 Å². The van der Waals surface area contributed by atoms with Crippen LogP contribution in [0.5, 0.6) is 0 Å². The van der Waals surface area contributed by atoms with Gasteiger partial charge < -0.3 is 10.4 Å². The van der Waals surface area contributed by atoms with Crippen molar-refractivity contribution in [3.05, 3.63) is 144 Å². The Kier molecular flexibility index (Phi) is 7.30. The summed E-state index contributed by atoms with van der Waals surface area (Å²) < 4.78 is 0. The fourth-order valence-corrected chi connectivity index (χ4v) is 4.18. The van der Waals surface area contributed by atoms with Gasteiger partial charge in [0, 0.05) is 6.54 Å². The Morgan fingerprint density at radius 1 is 0.667 bits per heavy atom. The molecule has 166 valence electrons. The van der Waals surface area contributed by atoms with Gasteiger partial charge in [0.1, 0.15) is 6.04 Å². The van der Waals surface area contributed by atoms with Gasteiger partial charge in [0.25, 0.3) is 0 Å². The first-order chi connectivity index (χ1) is 16.2. The summed E-state index contributed by atoms with van der Waals surface area (Å²) in [6.07, 6.45) is 0. The summed E-state index contributed by atoms with van der Waals surface area (Å²) in [4.78, 5) is 13.2. The second-order valence-electron chi connectivity index (χ2n) is 7.93. The number of carbonyl (C=O) groups excluding carboxylic acids is 1. The van der Waals surface area contributed by atoms with Crippen LogP contribution in [-0.2, 0) is 16.9 Å². The quantitative estimate of drug-likeness (QED) is 0.344. The van der Waals surface area contributed by atoms with E-state index in [1.54, 1.807) is 0 Å². The van der Waals surface area contributed by atoms with Gasteiger partial charge in [0.2, 0.25) is 5.91 Å². The van der Waals surface area contributed by atoms with E-state index in [-0.39, 0.29) is 12.5 Å². The lowest BCUT2D eigenvalue weighted by Crippen LogP contribution is -2.56. The Morgan fingerprint density at radius 3 is 1.45 bits per heavy atom. The first kappa shape index (κ1) is 22.5. The number of hydrogen-bond donors (Lipinski definition) is 3. The van der Waals surface area contributed by atoms with Crippen LogP contribution in [-0.4, -0.2) is 23.7 Å². The summed E-state index contributed by atoms with van der Waals surface area (Å²) in [5.74, 6) is -0.256. The number of nitrogens with one attached hydrogen (secondary N) is 2. The molecule has 0 spiro atoms. The number of aliphatic hydroxyl groups excluding tert-OH is 1. The molecular weight excluding hydrogens is 408 g/mol. The van der Waals surface area contributed by atoms with E-state index < -0.39 is 11.6 Å². The summed E-state index contributed by atoms with van der Waals surface area (Å²) in [6, 6.07) is 39.0. The molecule has 4 aromatic carbocycles. The minimum absolute atomic E-state index is 0.256. The second kappa shape index (κ2) is 10.7. The zero-order valence-electron chi connectivity index (χ0n) is 18.4. The van der Waals surface area contributed by atoms with Gasteiger partial charge in [-0.25, -0.2) is 0 Å². The van der Waals surface area contributed by atoms with E-state index in [1.807, 2.05) is 121 Å². The molecule has 0 saturated heterocycles. The highest BCUT2D eigenvalue weighted by Gasteiger charge is 2.39. The highest BCUT2D eigenvalue weighted by Crippen LogP contribution is 2.37. The van der Waals surface area contributed by atoms with E-state index in [0.29, 0.717) is 6.54 Å². The minimum Gasteiger partial charge on any atom is -0.394 e. The highest BCUT2D eigenvalue weighted by molar-refractivity contribution is 5.82. The monoisotopic (exact) mass is 436 g/mol. The van der Waals surface area contributed by atoms with E-state index in [1.165, 1.54) is 0 Å². The number of aliphatic hydroxyl groups is 1. The predicted octanol–water partition coefficient (Wildman–Crippen LogP) is 4.25. The zero-order chi connectivity index (χ0) is 22.9. The number of hydrogen-bond acceptors (Lipinski definition) is 3. The fourth-order valence-electron chi connectivity index (χ4n) is 4.18. The molecule has 4 rings (SSSR count). The second-order valence-corrected chi connectivity index (χ2v) is 7.93. The molecule has 1 amide bonds. The molecule has 0 fully saturated rings. The maximum absolute atomic E-state index is 13.2. The lowest BCUT2D eigenvalue weighted by molar-refractivity contribution is -0.124. The predicted molar refractivity (Wildman–Crippen MR) is 132 cm³/mol. The summed E-state index contributed by atoms with van der Waals surface area (Å²) in [7, 11) is 0. The molecular formula is C29H28N2O2. The third-order valence-electron chi connectivity index (χ3n) is 5.82. The van der Waals surface area contributed by atoms with E-state index in [9.17, 15) is 9.90 Å². The number of amides is 1.